The molecule has 0 aliphatic heterocycles. The van der Waals surface area contributed by atoms with Crippen molar-refractivity contribution >= 4 is 5.91 Å². The van der Waals surface area contributed by atoms with Crippen molar-refractivity contribution in [3.8, 4) is 0 Å². The molecular weight excluding hydrogens is 244 g/mol. The second-order valence-electron chi connectivity index (χ2n) is 4.58. The van der Waals surface area contributed by atoms with Crippen LogP contribution in [0.2, 0.25) is 0 Å². The summed E-state index contributed by atoms with van der Waals surface area (Å²) in [7, 11) is 1.82. The van der Waals surface area contributed by atoms with E-state index in [2.05, 4.69) is 15.6 Å². The number of nitrogens with one attached hydrogen (secondary N) is 1. The number of amides is 1. The van der Waals surface area contributed by atoms with Crippen LogP contribution in [0.4, 0.5) is 0 Å². The molecule has 0 aromatic carbocycles. The fourth-order valence-corrected chi connectivity index (χ4v) is 1.98. The van der Waals surface area contributed by atoms with Gasteiger partial charge in [-0.2, -0.15) is 5.10 Å². The molecule has 6 nitrogen and oxygen atoms in total. The first-order chi connectivity index (χ1) is 9.00. The lowest BCUT2D eigenvalue weighted by Crippen LogP contribution is -2.26. The van der Waals surface area contributed by atoms with Crippen LogP contribution in [0.15, 0.2) is 10.7 Å². The molecule has 0 aliphatic carbocycles. The van der Waals surface area contributed by atoms with Crippen molar-refractivity contribution in [2.24, 2.45) is 7.05 Å². The van der Waals surface area contributed by atoms with Gasteiger partial charge in [-0.1, -0.05) is 5.16 Å². The average molecular weight is 262 g/mol. The Kier molecular flexibility index (Phi) is 3.69. The lowest BCUT2D eigenvalue weighted by Gasteiger charge is -2.04. The molecule has 0 unspecified atom stereocenters. The molecular formula is C13H18N4O2. The normalized spacial score (nSPS) is 10.7. The Morgan fingerprint density at radius 2 is 2.16 bits per heavy atom. The molecule has 19 heavy (non-hydrogen) atoms. The van der Waals surface area contributed by atoms with Gasteiger partial charge in [0, 0.05) is 24.8 Å². The summed E-state index contributed by atoms with van der Waals surface area (Å²) in [6, 6.07) is 0. The minimum absolute atomic E-state index is 0.0997. The predicted octanol–water partition coefficient (Wildman–Crippen LogP) is 1.31. The summed E-state index contributed by atoms with van der Waals surface area (Å²) in [4.78, 5) is 12.0. The first-order valence-corrected chi connectivity index (χ1v) is 6.19. The summed E-state index contributed by atoms with van der Waals surface area (Å²) in [6.45, 7) is 6.20. The lowest BCUT2D eigenvalue weighted by atomic mass is 10.1. The Hall–Kier alpha value is -2.11. The van der Waals surface area contributed by atoms with Crippen molar-refractivity contribution in [1.82, 2.24) is 20.3 Å². The molecule has 102 valence electrons. The van der Waals surface area contributed by atoms with E-state index in [0.29, 0.717) is 18.5 Å². The van der Waals surface area contributed by atoms with Crippen LogP contribution in [0.5, 0.6) is 0 Å². The molecule has 2 aromatic heterocycles. The van der Waals surface area contributed by atoms with E-state index in [1.807, 2.05) is 27.8 Å². The highest BCUT2D eigenvalue weighted by atomic mass is 16.5. The minimum atomic E-state index is -0.0997. The van der Waals surface area contributed by atoms with Crippen LogP contribution in [-0.4, -0.2) is 27.4 Å². The van der Waals surface area contributed by atoms with Gasteiger partial charge < -0.3 is 9.84 Å². The Morgan fingerprint density at radius 1 is 1.42 bits per heavy atom. The second kappa shape index (κ2) is 5.26. The molecule has 2 heterocycles. The fourth-order valence-electron chi connectivity index (χ4n) is 1.98. The number of hydrogen-bond acceptors (Lipinski definition) is 4. The molecule has 1 amide bonds. The van der Waals surface area contributed by atoms with Crippen LogP contribution < -0.4 is 5.32 Å². The fraction of sp³-hybridized carbons (Fsp3) is 0.462. The predicted molar refractivity (Wildman–Crippen MR) is 70.0 cm³/mol. The van der Waals surface area contributed by atoms with Crippen molar-refractivity contribution in [3.63, 3.8) is 0 Å². The molecule has 1 N–H and O–H groups in total. The third kappa shape index (κ3) is 2.67. The third-order valence-corrected chi connectivity index (χ3v) is 3.32. The highest BCUT2D eigenvalue weighted by Gasteiger charge is 2.13. The van der Waals surface area contributed by atoms with Crippen molar-refractivity contribution < 1.29 is 9.32 Å². The van der Waals surface area contributed by atoms with Gasteiger partial charge in [0.15, 0.2) is 0 Å². The lowest BCUT2D eigenvalue weighted by molar-refractivity contribution is 0.0953. The molecule has 0 bridgehead atoms. The Balaban J connectivity index is 1.93. The molecule has 0 saturated heterocycles. The largest absolute Gasteiger partial charge is 0.361 e. The summed E-state index contributed by atoms with van der Waals surface area (Å²) >= 11 is 0. The van der Waals surface area contributed by atoms with Gasteiger partial charge in [-0.05, 0) is 27.2 Å². The van der Waals surface area contributed by atoms with Crippen LogP contribution in [0.1, 0.15) is 33.1 Å². The van der Waals surface area contributed by atoms with Crippen LogP contribution in [-0.2, 0) is 13.5 Å². The van der Waals surface area contributed by atoms with Crippen LogP contribution in [0, 0.1) is 20.8 Å². The number of aryl methyl sites for hydroxylation is 3. The number of carbonyl (C=O) groups is 1. The van der Waals surface area contributed by atoms with Gasteiger partial charge in [0.1, 0.15) is 5.76 Å². The van der Waals surface area contributed by atoms with Gasteiger partial charge in [0.2, 0.25) is 0 Å². The van der Waals surface area contributed by atoms with E-state index in [1.165, 1.54) is 0 Å². The minimum Gasteiger partial charge on any atom is -0.361 e. The van der Waals surface area contributed by atoms with Crippen molar-refractivity contribution in [3.05, 3.63) is 34.5 Å². The molecule has 2 rings (SSSR count). The Morgan fingerprint density at radius 3 is 2.68 bits per heavy atom. The summed E-state index contributed by atoms with van der Waals surface area (Å²) < 4.78 is 6.77. The second-order valence-corrected chi connectivity index (χ2v) is 4.58. The van der Waals surface area contributed by atoms with Crippen molar-refractivity contribution in [1.29, 1.82) is 0 Å². The van der Waals surface area contributed by atoms with Gasteiger partial charge in [-0.15, -0.1) is 0 Å². The zero-order valence-electron chi connectivity index (χ0n) is 11.6. The molecule has 0 atom stereocenters. The van der Waals surface area contributed by atoms with Gasteiger partial charge in [0.25, 0.3) is 5.91 Å². The standard InChI is InChI=1S/C13H18N4O2/c1-8-11(10(3)19-16-8)5-6-14-13(18)12-7-15-17(4)9(12)2/h7H,5-6H2,1-4H3,(H,14,18). The number of nitrogens with zero attached hydrogens (tertiary/aromatic N) is 3. The van der Waals surface area contributed by atoms with E-state index in [1.54, 1.807) is 10.9 Å². The monoisotopic (exact) mass is 262 g/mol. The molecule has 0 saturated carbocycles. The van der Waals surface area contributed by atoms with E-state index >= 15 is 0 Å². The van der Waals surface area contributed by atoms with Crippen LogP contribution >= 0.6 is 0 Å². The molecule has 0 radical (unpaired) electrons. The van der Waals surface area contributed by atoms with E-state index < -0.39 is 0 Å². The molecule has 2 aromatic rings. The first-order valence-electron chi connectivity index (χ1n) is 6.19. The quantitative estimate of drug-likeness (QED) is 0.901. The summed E-state index contributed by atoms with van der Waals surface area (Å²) in [5, 5.41) is 10.8. The zero-order chi connectivity index (χ0) is 14.0. The van der Waals surface area contributed by atoms with E-state index in [9.17, 15) is 4.79 Å². The van der Waals surface area contributed by atoms with E-state index in [4.69, 9.17) is 4.52 Å². The summed E-state index contributed by atoms with van der Waals surface area (Å²) in [6.07, 6.45) is 2.30. The highest BCUT2D eigenvalue weighted by Crippen LogP contribution is 2.12. The van der Waals surface area contributed by atoms with Gasteiger partial charge in [0.05, 0.1) is 17.5 Å². The molecule has 0 fully saturated rings. The maximum atomic E-state index is 12.0. The highest BCUT2D eigenvalue weighted by molar-refractivity contribution is 5.94. The topological polar surface area (TPSA) is 73.0 Å². The number of carbonyl (C=O) groups excluding carboxylic acids is 1. The van der Waals surface area contributed by atoms with Crippen molar-refractivity contribution in [2.45, 2.75) is 27.2 Å². The number of hydrogen-bond donors (Lipinski definition) is 1. The first kappa shape index (κ1) is 13.3. The van der Waals surface area contributed by atoms with E-state index in [-0.39, 0.29) is 5.91 Å². The van der Waals surface area contributed by atoms with Crippen LogP contribution in [0.25, 0.3) is 0 Å². The van der Waals surface area contributed by atoms with Gasteiger partial charge in [-0.3, -0.25) is 9.48 Å². The zero-order valence-corrected chi connectivity index (χ0v) is 11.6. The van der Waals surface area contributed by atoms with E-state index in [0.717, 1.165) is 22.7 Å². The smallest absolute Gasteiger partial charge is 0.254 e. The third-order valence-electron chi connectivity index (χ3n) is 3.32. The Bertz CT molecular complexity index is 578. The number of rotatable bonds is 4. The molecule has 0 spiro atoms. The van der Waals surface area contributed by atoms with Gasteiger partial charge >= 0.3 is 0 Å². The average Bonchev–Trinajstić information content (AvgIpc) is 2.86. The Labute approximate surface area is 111 Å². The molecule has 0 aliphatic rings. The summed E-state index contributed by atoms with van der Waals surface area (Å²) in [5.74, 6) is 0.710. The van der Waals surface area contributed by atoms with Crippen molar-refractivity contribution in [2.75, 3.05) is 6.54 Å². The maximum Gasteiger partial charge on any atom is 0.254 e. The summed E-state index contributed by atoms with van der Waals surface area (Å²) in [5.41, 5.74) is 3.41. The molecule has 6 heteroatoms. The SMILES string of the molecule is Cc1noc(C)c1CCNC(=O)c1cnn(C)c1C. The van der Waals surface area contributed by atoms with Gasteiger partial charge in [-0.25, -0.2) is 0 Å². The maximum absolute atomic E-state index is 12.0. The van der Waals surface area contributed by atoms with Crippen LogP contribution in [0.3, 0.4) is 0 Å². The number of aromatic nitrogens is 3.